The number of rotatable bonds is 6. The molecule has 1 aliphatic heterocycles. The van der Waals surface area contributed by atoms with Gasteiger partial charge in [0.1, 0.15) is 6.61 Å². The lowest BCUT2D eigenvalue weighted by Crippen LogP contribution is -2.28. The van der Waals surface area contributed by atoms with E-state index >= 15 is 0 Å². The molecular weight excluding hydrogens is 451 g/mol. The maximum atomic E-state index is 12.5. The Balaban J connectivity index is 2.38. The highest BCUT2D eigenvalue weighted by atomic mass is 127. The highest BCUT2D eigenvalue weighted by Crippen LogP contribution is 2.37. The fraction of sp³-hybridized carbons (Fsp3) is 0.333. The lowest BCUT2D eigenvalue weighted by molar-refractivity contribution is -0.122. The van der Waals surface area contributed by atoms with E-state index in [2.05, 4.69) is 33.5 Å². The minimum Gasteiger partial charge on any atom is -0.493 e. The van der Waals surface area contributed by atoms with Crippen molar-refractivity contribution in [1.29, 1.82) is 0 Å². The van der Waals surface area contributed by atoms with Gasteiger partial charge in [-0.2, -0.15) is 0 Å². The molecule has 1 heterocycles. The van der Waals surface area contributed by atoms with Gasteiger partial charge in [0.25, 0.3) is 5.91 Å². The molecule has 0 spiro atoms. The van der Waals surface area contributed by atoms with Crippen LogP contribution >= 0.6 is 34.4 Å². The van der Waals surface area contributed by atoms with Gasteiger partial charge in [0.15, 0.2) is 16.7 Å². The quantitative estimate of drug-likeness (QED) is 0.362. The third kappa shape index (κ3) is 4.50. The number of terminal acetylenes is 1. The first-order valence-electron chi connectivity index (χ1n) is 7.75. The van der Waals surface area contributed by atoms with Crippen molar-refractivity contribution < 1.29 is 14.3 Å². The van der Waals surface area contributed by atoms with Crippen molar-refractivity contribution in [2.24, 2.45) is 4.99 Å². The zero-order valence-electron chi connectivity index (χ0n) is 14.3. The summed E-state index contributed by atoms with van der Waals surface area (Å²) >= 11 is 3.56. The number of likely N-dealkylation sites (N-methyl/N-ethyl adjacent to an activating group) is 1. The van der Waals surface area contributed by atoms with Gasteiger partial charge in [0.05, 0.1) is 15.6 Å². The fourth-order valence-electron chi connectivity index (χ4n) is 2.27. The monoisotopic (exact) mass is 470 g/mol. The Morgan fingerprint density at radius 1 is 1.44 bits per heavy atom. The summed E-state index contributed by atoms with van der Waals surface area (Å²) in [4.78, 5) is 19.3. The van der Waals surface area contributed by atoms with Crippen molar-refractivity contribution in [2.45, 2.75) is 13.8 Å². The molecule has 25 heavy (non-hydrogen) atoms. The van der Waals surface area contributed by atoms with Crippen LogP contribution in [0.4, 0.5) is 0 Å². The number of methoxy groups -OCH3 is 1. The molecule has 1 saturated heterocycles. The molecule has 0 N–H and O–H groups in total. The van der Waals surface area contributed by atoms with Crippen LogP contribution in [0.25, 0.3) is 6.08 Å². The number of thioether (sulfide) groups is 1. The summed E-state index contributed by atoms with van der Waals surface area (Å²) in [5.74, 6) is 3.61. The molecule has 1 aliphatic rings. The first-order valence-corrected chi connectivity index (χ1v) is 9.64. The van der Waals surface area contributed by atoms with Crippen molar-refractivity contribution in [3.63, 3.8) is 0 Å². The summed E-state index contributed by atoms with van der Waals surface area (Å²) in [5, 5.41) is 0.747. The Labute approximate surface area is 166 Å². The smallest absolute Gasteiger partial charge is 0.266 e. The third-order valence-corrected chi connectivity index (χ3v) is 5.19. The van der Waals surface area contributed by atoms with E-state index in [4.69, 9.17) is 15.9 Å². The van der Waals surface area contributed by atoms with E-state index in [1.807, 2.05) is 32.1 Å². The maximum Gasteiger partial charge on any atom is 0.266 e. The van der Waals surface area contributed by atoms with E-state index in [1.165, 1.54) is 11.8 Å². The van der Waals surface area contributed by atoms with Crippen LogP contribution in [0.1, 0.15) is 19.4 Å². The van der Waals surface area contributed by atoms with Crippen LogP contribution in [0.15, 0.2) is 22.0 Å². The zero-order chi connectivity index (χ0) is 18.4. The molecule has 2 rings (SSSR count). The van der Waals surface area contributed by atoms with Gasteiger partial charge >= 0.3 is 0 Å². The number of hydrogen-bond donors (Lipinski definition) is 0. The molecule has 1 aromatic carbocycles. The molecule has 1 aromatic rings. The number of carbonyl (C=O) groups excluding carboxylic acids is 1. The summed E-state index contributed by atoms with van der Waals surface area (Å²) in [5.41, 5.74) is 0.860. The van der Waals surface area contributed by atoms with Crippen LogP contribution in [0, 0.1) is 15.9 Å². The highest BCUT2D eigenvalue weighted by Gasteiger charge is 2.31. The third-order valence-electron chi connectivity index (χ3n) is 3.35. The molecule has 0 atom stereocenters. The van der Waals surface area contributed by atoms with Gasteiger partial charge in [0, 0.05) is 13.1 Å². The number of amides is 1. The average molecular weight is 470 g/mol. The predicted molar refractivity (Wildman–Crippen MR) is 111 cm³/mol. The van der Waals surface area contributed by atoms with E-state index < -0.39 is 0 Å². The van der Waals surface area contributed by atoms with Crippen LogP contribution < -0.4 is 9.47 Å². The van der Waals surface area contributed by atoms with Gasteiger partial charge in [-0.25, -0.2) is 0 Å². The Bertz CT molecular complexity index is 768. The van der Waals surface area contributed by atoms with Gasteiger partial charge < -0.3 is 9.47 Å². The Morgan fingerprint density at radius 3 is 2.80 bits per heavy atom. The van der Waals surface area contributed by atoms with Crippen LogP contribution in [-0.2, 0) is 4.79 Å². The van der Waals surface area contributed by atoms with E-state index in [-0.39, 0.29) is 12.5 Å². The molecule has 5 nitrogen and oxygen atoms in total. The van der Waals surface area contributed by atoms with E-state index in [0.29, 0.717) is 29.5 Å². The Kier molecular flexibility index (Phi) is 7.20. The number of halogens is 1. The van der Waals surface area contributed by atoms with Gasteiger partial charge in [-0.3, -0.25) is 14.7 Å². The second-order valence-electron chi connectivity index (χ2n) is 4.94. The summed E-state index contributed by atoms with van der Waals surface area (Å²) in [6.07, 6.45) is 7.10. The lowest BCUT2D eigenvalue weighted by atomic mass is 10.2. The van der Waals surface area contributed by atoms with Gasteiger partial charge in [-0.05, 0) is 72.0 Å². The van der Waals surface area contributed by atoms with Gasteiger partial charge in [-0.1, -0.05) is 5.92 Å². The Hall–Kier alpha value is -1.66. The fourth-order valence-corrected chi connectivity index (χ4v) is 4.15. The van der Waals surface area contributed by atoms with Gasteiger partial charge in [-0.15, -0.1) is 6.42 Å². The van der Waals surface area contributed by atoms with Crippen LogP contribution in [0.5, 0.6) is 11.5 Å². The van der Waals surface area contributed by atoms with Crippen LogP contribution in [0.3, 0.4) is 0 Å². The maximum absolute atomic E-state index is 12.5. The minimum atomic E-state index is -0.0265. The number of benzene rings is 1. The van der Waals surface area contributed by atoms with Crippen molar-refractivity contribution in [3.8, 4) is 23.8 Å². The molecule has 0 unspecified atom stereocenters. The minimum absolute atomic E-state index is 0.0265. The summed E-state index contributed by atoms with van der Waals surface area (Å²) < 4.78 is 11.8. The van der Waals surface area contributed by atoms with Crippen molar-refractivity contribution in [1.82, 2.24) is 4.90 Å². The van der Waals surface area contributed by atoms with Crippen molar-refractivity contribution in [3.05, 3.63) is 26.2 Å². The Morgan fingerprint density at radius 2 is 2.20 bits per heavy atom. The topological polar surface area (TPSA) is 51.1 Å². The SMILES string of the molecule is C#CCOc1c(I)cc(/C=C2/SC(=NCC)N(CC)C2=O)cc1OC. The summed E-state index contributed by atoms with van der Waals surface area (Å²) in [7, 11) is 1.57. The highest BCUT2D eigenvalue weighted by molar-refractivity contribution is 14.1. The molecule has 0 aliphatic carbocycles. The second-order valence-corrected chi connectivity index (χ2v) is 7.12. The molecule has 0 radical (unpaired) electrons. The van der Waals surface area contributed by atoms with E-state index in [9.17, 15) is 4.79 Å². The first-order chi connectivity index (χ1) is 12.0. The summed E-state index contributed by atoms with van der Waals surface area (Å²) in [6.45, 7) is 5.31. The van der Waals surface area contributed by atoms with E-state index in [1.54, 1.807) is 12.0 Å². The number of nitrogens with zero attached hydrogens (tertiary/aromatic N) is 2. The summed E-state index contributed by atoms with van der Waals surface area (Å²) in [6, 6.07) is 3.76. The molecular formula is C18H19IN2O3S. The normalized spacial score (nSPS) is 17.2. The van der Waals surface area contributed by atoms with Crippen molar-refractivity contribution >= 4 is 51.5 Å². The number of carbonyl (C=O) groups is 1. The first kappa shape index (κ1) is 19.7. The molecule has 1 fully saturated rings. The number of aliphatic imine (C=N–C) groups is 1. The number of hydrogen-bond acceptors (Lipinski definition) is 5. The van der Waals surface area contributed by atoms with Gasteiger partial charge in [0.2, 0.25) is 0 Å². The number of amidine groups is 1. The molecule has 0 aromatic heterocycles. The van der Waals surface area contributed by atoms with Crippen LogP contribution in [0.2, 0.25) is 0 Å². The predicted octanol–water partition coefficient (Wildman–Crippen LogP) is 3.62. The molecule has 7 heteroatoms. The molecule has 0 bridgehead atoms. The van der Waals surface area contributed by atoms with Crippen LogP contribution in [-0.4, -0.2) is 42.8 Å². The molecule has 0 saturated carbocycles. The lowest BCUT2D eigenvalue weighted by Gasteiger charge is -2.12. The van der Waals surface area contributed by atoms with Crippen molar-refractivity contribution in [2.75, 3.05) is 26.8 Å². The largest absolute Gasteiger partial charge is 0.493 e. The zero-order valence-corrected chi connectivity index (χ0v) is 17.3. The standard InChI is InChI=1S/C18H19IN2O3S/c1-5-8-24-16-13(19)9-12(10-14(16)23-4)11-15-17(22)21(7-3)18(25-15)20-6-2/h1,9-11H,6-8H2,2-4H3/b15-11+,20-18?. The van der Waals surface area contributed by atoms with E-state index in [0.717, 1.165) is 14.3 Å². The molecule has 132 valence electrons. The molecule has 1 amide bonds. The second kappa shape index (κ2) is 9.15. The number of ether oxygens (including phenoxy) is 2. The average Bonchev–Trinajstić information content (AvgIpc) is 2.88.